The van der Waals surface area contributed by atoms with Gasteiger partial charge in [-0.3, -0.25) is 4.79 Å². The van der Waals surface area contributed by atoms with Gasteiger partial charge in [-0.2, -0.15) is 0 Å². The fourth-order valence-corrected chi connectivity index (χ4v) is 2.60. The molecule has 2 aromatic carbocycles. The van der Waals surface area contributed by atoms with E-state index in [9.17, 15) is 9.90 Å². The summed E-state index contributed by atoms with van der Waals surface area (Å²) in [5.41, 5.74) is 2.13. The van der Waals surface area contributed by atoms with E-state index in [4.69, 9.17) is 0 Å². The zero-order chi connectivity index (χ0) is 15.8. The molecule has 0 aromatic heterocycles. The number of ketones is 1. The summed E-state index contributed by atoms with van der Waals surface area (Å²) in [7, 11) is 0. The predicted octanol–water partition coefficient (Wildman–Crippen LogP) is 5.14. The summed E-state index contributed by atoms with van der Waals surface area (Å²) in [5, 5.41) is 9.99. The number of hydrogen-bond acceptors (Lipinski definition) is 2. The molecule has 2 aromatic rings. The molecule has 0 saturated heterocycles. The first-order valence-electron chi connectivity index (χ1n) is 8.14. The van der Waals surface area contributed by atoms with Gasteiger partial charge in [-0.05, 0) is 30.5 Å². The third kappa shape index (κ3) is 4.45. The molecule has 0 bridgehead atoms. The minimum atomic E-state index is -0.120. The van der Waals surface area contributed by atoms with Gasteiger partial charge in [0.25, 0.3) is 0 Å². The van der Waals surface area contributed by atoms with Crippen LogP contribution in [0.5, 0.6) is 5.75 Å². The first kappa shape index (κ1) is 16.3. The highest BCUT2D eigenvalue weighted by molar-refractivity contribution is 6.10. The van der Waals surface area contributed by atoms with Gasteiger partial charge in [0, 0.05) is 5.56 Å². The minimum absolute atomic E-state index is 0.0589. The van der Waals surface area contributed by atoms with Crippen LogP contribution in [-0.4, -0.2) is 10.9 Å². The van der Waals surface area contributed by atoms with Crippen LogP contribution in [0.4, 0.5) is 0 Å². The Hall–Kier alpha value is -2.09. The number of phenolic OH excluding ortho intramolecular Hbond substituents is 1. The van der Waals surface area contributed by atoms with Crippen molar-refractivity contribution in [1.82, 2.24) is 0 Å². The third-order valence-corrected chi connectivity index (χ3v) is 3.91. The molecule has 0 radical (unpaired) electrons. The number of benzene rings is 2. The van der Waals surface area contributed by atoms with Crippen molar-refractivity contribution in [2.75, 3.05) is 0 Å². The number of phenols is 1. The molecule has 0 unspecified atom stereocenters. The maximum Gasteiger partial charge on any atom is 0.196 e. The third-order valence-electron chi connectivity index (χ3n) is 3.91. The van der Waals surface area contributed by atoms with Crippen LogP contribution in [0, 0.1) is 0 Å². The van der Waals surface area contributed by atoms with Gasteiger partial charge < -0.3 is 5.11 Å². The number of rotatable bonds is 8. The zero-order valence-electron chi connectivity index (χ0n) is 13.2. The summed E-state index contributed by atoms with van der Waals surface area (Å²) in [4.78, 5) is 12.5. The lowest BCUT2D eigenvalue weighted by molar-refractivity contribution is 0.103. The lowest BCUT2D eigenvalue weighted by Gasteiger charge is -2.07. The van der Waals surface area contributed by atoms with E-state index in [2.05, 4.69) is 6.92 Å². The van der Waals surface area contributed by atoms with Crippen LogP contribution in [0.3, 0.4) is 0 Å². The Morgan fingerprint density at radius 2 is 1.68 bits per heavy atom. The van der Waals surface area contributed by atoms with Gasteiger partial charge >= 0.3 is 0 Å². The van der Waals surface area contributed by atoms with Gasteiger partial charge in [-0.25, -0.2) is 0 Å². The Balaban J connectivity index is 2.05. The predicted molar refractivity (Wildman–Crippen MR) is 90.4 cm³/mol. The van der Waals surface area contributed by atoms with Gasteiger partial charge in [0.05, 0.1) is 5.56 Å². The van der Waals surface area contributed by atoms with E-state index in [-0.39, 0.29) is 11.5 Å². The monoisotopic (exact) mass is 296 g/mol. The minimum Gasteiger partial charge on any atom is -0.507 e. The molecule has 0 aliphatic heterocycles. The number of carbonyl (C=O) groups excluding carboxylic acids is 1. The highest BCUT2D eigenvalue weighted by Gasteiger charge is 2.13. The van der Waals surface area contributed by atoms with Gasteiger partial charge in [-0.1, -0.05) is 69.0 Å². The molecular formula is C20H24O2. The molecule has 0 aliphatic rings. The van der Waals surface area contributed by atoms with Gasteiger partial charge in [0.1, 0.15) is 5.75 Å². The maximum atomic E-state index is 12.5. The first-order chi connectivity index (χ1) is 10.7. The van der Waals surface area contributed by atoms with E-state index < -0.39 is 0 Å². The van der Waals surface area contributed by atoms with E-state index >= 15 is 0 Å². The largest absolute Gasteiger partial charge is 0.507 e. The fourth-order valence-electron chi connectivity index (χ4n) is 2.60. The molecule has 1 N–H and O–H groups in total. The summed E-state index contributed by atoms with van der Waals surface area (Å²) >= 11 is 0. The number of hydrogen-bond donors (Lipinski definition) is 1. The van der Waals surface area contributed by atoms with Crippen LogP contribution in [-0.2, 0) is 6.42 Å². The van der Waals surface area contributed by atoms with Crippen LogP contribution in [0.2, 0.25) is 0 Å². The van der Waals surface area contributed by atoms with E-state index in [1.54, 1.807) is 18.2 Å². The van der Waals surface area contributed by atoms with Crippen LogP contribution in [0.25, 0.3) is 0 Å². The van der Waals surface area contributed by atoms with Gasteiger partial charge in [0.2, 0.25) is 0 Å². The van der Waals surface area contributed by atoms with E-state index in [0.29, 0.717) is 11.1 Å². The van der Waals surface area contributed by atoms with Crippen molar-refractivity contribution in [1.29, 1.82) is 0 Å². The van der Waals surface area contributed by atoms with Crippen molar-refractivity contribution >= 4 is 5.78 Å². The van der Waals surface area contributed by atoms with E-state index in [1.165, 1.54) is 25.7 Å². The summed E-state index contributed by atoms with van der Waals surface area (Å²) in [5.74, 6) is -0.0606. The number of carbonyl (C=O) groups is 1. The standard InChI is InChI=1S/C20H24O2/c1-2-3-4-5-7-10-16-13-14-19(21)18(15-16)20(22)17-11-8-6-9-12-17/h6,8-9,11-15,21H,2-5,7,10H2,1H3. The second-order valence-corrected chi connectivity index (χ2v) is 5.71. The summed E-state index contributed by atoms with van der Waals surface area (Å²) in [6.07, 6.45) is 7.10. The number of aromatic hydroxyl groups is 1. The molecule has 0 heterocycles. The number of unbranched alkanes of at least 4 members (excludes halogenated alkanes) is 4. The molecule has 2 rings (SSSR count). The van der Waals surface area contributed by atoms with Crippen molar-refractivity contribution in [3.05, 3.63) is 65.2 Å². The van der Waals surface area contributed by atoms with E-state index in [0.717, 1.165) is 18.4 Å². The first-order valence-corrected chi connectivity index (χ1v) is 8.14. The van der Waals surface area contributed by atoms with Gasteiger partial charge in [-0.15, -0.1) is 0 Å². The van der Waals surface area contributed by atoms with Crippen molar-refractivity contribution in [2.45, 2.75) is 45.4 Å². The Morgan fingerprint density at radius 3 is 2.41 bits per heavy atom. The molecule has 2 nitrogen and oxygen atoms in total. The Kier molecular flexibility index (Phi) is 6.20. The molecule has 22 heavy (non-hydrogen) atoms. The average molecular weight is 296 g/mol. The highest BCUT2D eigenvalue weighted by Crippen LogP contribution is 2.23. The van der Waals surface area contributed by atoms with Crippen LogP contribution in [0.1, 0.15) is 60.5 Å². The second-order valence-electron chi connectivity index (χ2n) is 5.71. The second kappa shape index (κ2) is 8.38. The normalized spacial score (nSPS) is 10.6. The smallest absolute Gasteiger partial charge is 0.196 e. The van der Waals surface area contributed by atoms with Crippen LogP contribution < -0.4 is 0 Å². The molecular weight excluding hydrogens is 272 g/mol. The molecule has 0 atom stereocenters. The summed E-state index contributed by atoms with van der Waals surface area (Å²) in [6.45, 7) is 2.21. The molecule has 0 amide bonds. The van der Waals surface area contributed by atoms with Crippen LogP contribution >= 0.6 is 0 Å². The fraction of sp³-hybridized carbons (Fsp3) is 0.350. The summed E-state index contributed by atoms with van der Waals surface area (Å²) in [6, 6.07) is 14.5. The Bertz CT molecular complexity index is 602. The lowest BCUT2D eigenvalue weighted by Crippen LogP contribution is -2.02. The topological polar surface area (TPSA) is 37.3 Å². The van der Waals surface area contributed by atoms with Crippen molar-refractivity contribution in [2.24, 2.45) is 0 Å². The summed E-state index contributed by atoms with van der Waals surface area (Å²) < 4.78 is 0. The van der Waals surface area contributed by atoms with Crippen molar-refractivity contribution in [3.63, 3.8) is 0 Å². The van der Waals surface area contributed by atoms with Crippen LogP contribution in [0.15, 0.2) is 48.5 Å². The molecule has 2 heteroatoms. The molecule has 0 aliphatic carbocycles. The lowest BCUT2D eigenvalue weighted by atomic mass is 9.98. The van der Waals surface area contributed by atoms with E-state index in [1.807, 2.05) is 30.3 Å². The Labute approximate surface area is 132 Å². The van der Waals surface area contributed by atoms with Crippen molar-refractivity contribution < 1.29 is 9.90 Å². The number of aryl methyl sites for hydroxylation is 1. The SMILES string of the molecule is CCCCCCCc1ccc(O)c(C(=O)c2ccccc2)c1. The maximum absolute atomic E-state index is 12.5. The zero-order valence-corrected chi connectivity index (χ0v) is 13.2. The quantitative estimate of drug-likeness (QED) is 0.541. The highest BCUT2D eigenvalue weighted by atomic mass is 16.3. The molecule has 0 saturated carbocycles. The molecule has 0 fully saturated rings. The average Bonchev–Trinajstić information content (AvgIpc) is 2.56. The van der Waals surface area contributed by atoms with Crippen molar-refractivity contribution in [3.8, 4) is 5.75 Å². The van der Waals surface area contributed by atoms with Gasteiger partial charge in [0.15, 0.2) is 5.78 Å². The Morgan fingerprint density at radius 1 is 0.955 bits per heavy atom. The molecule has 116 valence electrons. The molecule has 0 spiro atoms.